The van der Waals surface area contributed by atoms with Gasteiger partial charge in [0, 0.05) is 19.3 Å². The van der Waals surface area contributed by atoms with Crippen LogP contribution in [0.4, 0.5) is 11.5 Å². The zero-order chi connectivity index (χ0) is 15.7. The van der Waals surface area contributed by atoms with Crippen LogP contribution in [-0.2, 0) is 23.0 Å². The molecule has 0 radical (unpaired) electrons. The first-order valence-electron chi connectivity index (χ1n) is 7.18. The first-order chi connectivity index (χ1) is 10.4. The highest BCUT2D eigenvalue weighted by Crippen LogP contribution is 2.29. The second kappa shape index (κ2) is 5.61. The number of aryl methyl sites for hydroxylation is 1. The predicted octanol–water partition coefficient (Wildman–Crippen LogP) is 2.32. The monoisotopic (exact) mass is 317 g/mol. The lowest BCUT2D eigenvalue weighted by Crippen LogP contribution is -2.31. The molecule has 1 aromatic heterocycles. The molecule has 1 aromatic carbocycles. The lowest BCUT2D eigenvalue weighted by atomic mass is 9.98. The zero-order valence-electron chi connectivity index (χ0n) is 12.7. The van der Waals surface area contributed by atoms with Gasteiger partial charge in [-0.25, -0.2) is 13.4 Å². The fourth-order valence-electron chi connectivity index (χ4n) is 2.79. The van der Waals surface area contributed by atoms with Crippen LogP contribution in [0.25, 0.3) is 0 Å². The van der Waals surface area contributed by atoms with Crippen molar-refractivity contribution >= 4 is 21.5 Å². The lowest BCUT2D eigenvalue weighted by Gasteiger charge is -2.31. The number of benzene rings is 1. The Kier molecular flexibility index (Phi) is 3.78. The van der Waals surface area contributed by atoms with Crippen LogP contribution in [0.1, 0.15) is 16.7 Å². The van der Waals surface area contributed by atoms with Crippen molar-refractivity contribution in [2.75, 3.05) is 22.4 Å². The third-order valence-electron chi connectivity index (χ3n) is 3.79. The van der Waals surface area contributed by atoms with Gasteiger partial charge in [-0.15, -0.1) is 0 Å². The summed E-state index contributed by atoms with van der Waals surface area (Å²) in [7, 11) is -3.26. The Labute approximate surface area is 131 Å². The molecule has 5 nitrogen and oxygen atoms in total. The number of anilines is 2. The second-order valence-corrected chi connectivity index (χ2v) is 7.43. The highest BCUT2D eigenvalue weighted by atomic mass is 32.2. The van der Waals surface area contributed by atoms with Crippen molar-refractivity contribution < 1.29 is 8.42 Å². The lowest BCUT2D eigenvalue weighted by molar-refractivity contribution is 0.606. The molecule has 0 unspecified atom stereocenters. The van der Waals surface area contributed by atoms with Gasteiger partial charge >= 0.3 is 0 Å². The minimum Gasteiger partial charge on any atom is -0.352 e. The predicted molar refractivity (Wildman–Crippen MR) is 88.6 cm³/mol. The SMILES string of the molecule is Cc1ccnc(N2CCc3c(cccc3NS(C)(=O)=O)C2)c1. The van der Waals surface area contributed by atoms with Gasteiger partial charge in [0.25, 0.3) is 0 Å². The molecule has 0 bridgehead atoms. The van der Waals surface area contributed by atoms with Gasteiger partial charge in [0.2, 0.25) is 10.0 Å². The Morgan fingerprint density at radius 1 is 1.27 bits per heavy atom. The van der Waals surface area contributed by atoms with Crippen LogP contribution in [-0.4, -0.2) is 26.2 Å². The number of sulfonamides is 1. The minimum atomic E-state index is -3.26. The topological polar surface area (TPSA) is 62.3 Å². The van der Waals surface area contributed by atoms with Crippen LogP contribution < -0.4 is 9.62 Å². The van der Waals surface area contributed by atoms with Gasteiger partial charge in [0.1, 0.15) is 5.82 Å². The number of hydrogen-bond donors (Lipinski definition) is 1. The van der Waals surface area contributed by atoms with Crippen molar-refractivity contribution in [2.24, 2.45) is 0 Å². The fourth-order valence-corrected chi connectivity index (χ4v) is 3.38. The molecular formula is C16H19N3O2S. The number of nitrogens with zero attached hydrogens (tertiary/aromatic N) is 2. The van der Waals surface area contributed by atoms with E-state index in [1.165, 1.54) is 11.8 Å². The molecule has 2 aromatic rings. The molecule has 0 amide bonds. The van der Waals surface area contributed by atoms with Crippen LogP contribution in [0, 0.1) is 6.92 Å². The molecule has 1 aliphatic heterocycles. The van der Waals surface area contributed by atoms with Crippen LogP contribution in [0.3, 0.4) is 0 Å². The molecular weight excluding hydrogens is 298 g/mol. The molecule has 1 N–H and O–H groups in total. The van der Waals surface area contributed by atoms with E-state index in [2.05, 4.69) is 27.6 Å². The van der Waals surface area contributed by atoms with Gasteiger partial charge in [-0.2, -0.15) is 0 Å². The summed E-state index contributed by atoms with van der Waals surface area (Å²) in [6.07, 6.45) is 3.80. The van der Waals surface area contributed by atoms with Gasteiger partial charge in [0.15, 0.2) is 0 Å². The molecule has 1 aliphatic rings. The molecule has 0 atom stereocenters. The van der Waals surface area contributed by atoms with Crippen molar-refractivity contribution in [3.8, 4) is 0 Å². The maximum Gasteiger partial charge on any atom is 0.229 e. The first-order valence-corrected chi connectivity index (χ1v) is 9.08. The van der Waals surface area contributed by atoms with Crippen molar-refractivity contribution in [3.05, 3.63) is 53.2 Å². The first kappa shape index (κ1) is 14.8. The summed E-state index contributed by atoms with van der Waals surface area (Å²) < 4.78 is 25.6. The van der Waals surface area contributed by atoms with Crippen molar-refractivity contribution in [1.82, 2.24) is 4.98 Å². The van der Waals surface area contributed by atoms with Crippen LogP contribution in [0.15, 0.2) is 36.5 Å². The molecule has 0 saturated heterocycles. The standard InChI is InChI=1S/C16H19N3O2S/c1-12-6-8-17-16(10-12)19-9-7-14-13(11-19)4-3-5-15(14)18-22(2,20)21/h3-6,8,10,18H,7,9,11H2,1-2H3. The molecule has 3 rings (SSSR count). The maximum atomic E-state index is 11.5. The zero-order valence-corrected chi connectivity index (χ0v) is 13.5. The molecule has 22 heavy (non-hydrogen) atoms. The fraction of sp³-hybridized carbons (Fsp3) is 0.312. The third kappa shape index (κ3) is 3.22. The Hall–Kier alpha value is -2.08. The van der Waals surface area contributed by atoms with Gasteiger partial charge in [-0.05, 0) is 48.2 Å². The summed E-state index contributed by atoms with van der Waals surface area (Å²) in [5.41, 5.74) is 4.10. The molecule has 116 valence electrons. The number of aromatic nitrogens is 1. The normalized spacial score (nSPS) is 14.5. The van der Waals surface area contributed by atoms with E-state index < -0.39 is 10.0 Å². The molecule has 0 spiro atoms. The number of pyridine rings is 1. The molecule has 2 heterocycles. The summed E-state index contributed by atoms with van der Waals surface area (Å²) in [5, 5.41) is 0. The third-order valence-corrected chi connectivity index (χ3v) is 4.38. The second-order valence-electron chi connectivity index (χ2n) is 5.68. The Morgan fingerprint density at radius 3 is 2.82 bits per heavy atom. The highest BCUT2D eigenvalue weighted by Gasteiger charge is 2.20. The molecule has 0 aliphatic carbocycles. The van der Waals surface area contributed by atoms with Crippen LogP contribution >= 0.6 is 0 Å². The van der Waals surface area contributed by atoms with Crippen LogP contribution in [0.5, 0.6) is 0 Å². The van der Waals surface area contributed by atoms with E-state index in [1.54, 1.807) is 0 Å². The molecule has 0 fully saturated rings. The average molecular weight is 317 g/mol. The van der Waals surface area contributed by atoms with E-state index in [0.717, 1.165) is 36.5 Å². The van der Waals surface area contributed by atoms with Gasteiger partial charge < -0.3 is 4.90 Å². The number of nitrogens with one attached hydrogen (secondary N) is 1. The number of rotatable bonds is 3. The van der Waals surface area contributed by atoms with Crippen molar-refractivity contribution in [1.29, 1.82) is 0 Å². The summed E-state index contributed by atoms with van der Waals surface area (Å²) in [5.74, 6) is 0.965. The quantitative estimate of drug-likeness (QED) is 0.944. The molecule has 6 heteroatoms. The summed E-state index contributed by atoms with van der Waals surface area (Å²) in [6.45, 7) is 3.62. The Bertz CT molecular complexity index is 803. The minimum absolute atomic E-state index is 0.692. The summed E-state index contributed by atoms with van der Waals surface area (Å²) in [6, 6.07) is 9.81. The maximum absolute atomic E-state index is 11.5. The van der Waals surface area contributed by atoms with E-state index in [-0.39, 0.29) is 0 Å². The summed E-state index contributed by atoms with van der Waals surface area (Å²) >= 11 is 0. The highest BCUT2D eigenvalue weighted by molar-refractivity contribution is 7.92. The Morgan fingerprint density at radius 2 is 2.09 bits per heavy atom. The summed E-state index contributed by atoms with van der Waals surface area (Å²) in [4.78, 5) is 6.65. The van der Waals surface area contributed by atoms with E-state index in [4.69, 9.17) is 0 Å². The average Bonchev–Trinajstić information content (AvgIpc) is 2.45. The molecule has 0 saturated carbocycles. The Balaban J connectivity index is 1.89. The van der Waals surface area contributed by atoms with Gasteiger partial charge in [-0.1, -0.05) is 12.1 Å². The van der Waals surface area contributed by atoms with Gasteiger partial charge in [-0.3, -0.25) is 4.72 Å². The largest absolute Gasteiger partial charge is 0.352 e. The van der Waals surface area contributed by atoms with Crippen LogP contribution in [0.2, 0.25) is 0 Å². The number of hydrogen-bond acceptors (Lipinski definition) is 4. The van der Waals surface area contributed by atoms with Gasteiger partial charge in [0.05, 0.1) is 11.9 Å². The van der Waals surface area contributed by atoms with Crippen molar-refractivity contribution in [2.45, 2.75) is 19.9 Å². The van der Waals surface area contributed by atoms with E-state index in [9.17, 15) is 8.42 Å². The smallest absolute Gasteiger partial charge is 0.229 e. The van der Waals surface area contributed by atoms with E-state index in [1.807, 2.05) is 30.5 Å². The van der Waals surface area contributed by atoms with E-state index >= 15 is 0 Å². The number of fused-ring (bicyclic) bond motifs is 1. The van der Waals surface area contributed by atoms with E-state index in [0.29, 0.717) is 5.69 Å². The van der Waals surface area contributed by atoms with Crippen molar-refractivity contribution in [3.63, 3.8) is 0 Å².